The highest BCUT2D eigenvalue weighted by Gasteiger charge is 2.23. The van der Waals surface area contributed by atoms with Crippen molar-refractivity contribution in [3.05, 3.63) is 59.7 Å². The van der Waals surface area contributed by atoms with E-state index >= 15 is 0 Å². The average molecular weight is 314 g/mol. The van der Waals surface area contributed by atoms with Gasteiger partial charge >= 0.3 is 0 Å². The molecule has 2 rings (SSSR count). The van der Waals surface area contributed by atoms with Crippen molar-refractivity contribution in [3.63, 3.8) is 0 Å². The van der Waals surface area contributed by atoms with Gasteiger partial charge in [-0.1, -0.05) is 31.6 Å². The molecule has 4 heteroatoms. The van der Waals surface area contributed by atoms with E-state index < -0.39 is 5.91 Å². The third-order valence-electron chi connectivity index (χ3n) is 4.09. The van der Waals surface area contributed by atoms with Gasteiger partial charge in [0.05, 0.1) is 5.56 Å². The van der Waals surface area contributed by atoms with Crippen LogP contribution in [0.2, 0.25) is 0 Å². The van der Waals surface area contributed by atoms with E-state index in [1.165, 1.54) is 12.1 Å². The smallest absolute Gasteiger partial charge is 0.251 e. The van der Waals surface area contributed by atoms with Gasteiger partial charge in [0.25, 0.3) is 5.91 Å². The molecular weight excluding hydrogens is 291 g/mol. The second-order valence-corrected chi connectivity index (χ2v) is 5.66. The molecule has 1 aromatic heterocycles. The van der Waals surface area contributed by atoms with Crippen LogP contribution in [0.4, 0.5) is 4.39 Å². The summed E-state index contributed by atoms with van der Waals surface area (Å²) in [5, 5.41) is 0. The van der Waals surface area contributed by atoms with Crippen molar-refractivity contribution < 1.29 is 9.18 Å². The monoisotopic (exact) mass is 314 g/mol. The minimum absolute atomic E-state index is 0.299. The Morgan fingerprint density at radius 2 is 2.00 bits per heavy atom. The maximum absolute atomic E-state index is 13.3. The molecule has 0 spiro atoms. The van der Waals surface area contributed by atoms with Crippen molar-refractivity contribution in [2.75, 3.05) is 0 Å². The highest BCUT2D eigenvalue weighted by molar-refractivity contribution is 6.02. The Balaban J connectivity index is 2.73. The number of hydrogen-bond donors (Lipinski definition) is 1. The topological polar surface area (TPSA) is 48.0 Å². The van der Waals surface area contributed by atoms with Crippen LogP contribution in [-0.4, -0.2) is 10.5 Å². The predicted octanol–water partition coefficient (Wildman–Crippen LogP) is 4.23. The van der Waals surface area contributed by atoms with Crippen LogP contribution in [0.3, 0.4) is 0 Å². The Kier molecular flexibility index (Phi) is 5.37. The Hall–Kier alpha value is -2.36. The van der Waals surface area contributed by atoms with Crippen molar-refractivity contribution >= 4 is 5.91 Å². The number of primary amides is 1. The highest BCUT2D eigenvalue weighted by Crippen LogP contribution is 2.34. The Morgan fingerprint density at radius 1 is 1.35 bits per heavy atom. The maximum Gasteiger partial charge on any atom is 0.251 e. The molecule has 0 aliphatic rings. The van der Waals surface area contributed by atoms with Crippen LogP contribution in [0.15, 0.2) is 36.9 Å². The van der Waals surface area contributed by atoms with Crippen molar-refractivity contribution in [2.45, 2.75) is 39.7 Å². The van der Waals surface area contributed by atoms with Crippen LogP contribution in [0.1, 0.15) is 41.5 Å². The zero-order valence-electron chi connectivity index (χ0n) is 13.7. The summed E-state index contributed by atoms with van der Waals surface area (Å²) in [6.45, 7) is 8.44. The van der Waals surface area contributed by atoms with E-state index in [-0.39, 0.29) is 5.82 Å². The molecule has 0 saturated heterocycles. The number of carbonyl (C=O) groups is 1. The normalized spacial score (nSPS) is 10.7. The number of amides is 1. The number of carbonyl (C=O) groups excluding carboxylic acids is 1. The predicted molar refractivity (Wildman–Crippen MR) is 91.9 cm³/mol. The van der Waals surface area contributed by atoms with E-state index in [2.05, 4.69) is 18.1 Å². The van der Waals surface area contributed by atoms with E-state index in [1.807, 2.05) is 13.0 Å². The van der Waals surface area contributed by atoms with Crippen molar-refractivity contribution in [1.29, 1.82) is 0 Å². The van der Waals surface area contributed by atoms with Crippen molar-refractivity contribution in [2.24, 2.45) is 5.73 Å². The number of halogens is 1. The highest BCUT2D eigenvalue weighted by atomic mass is 19.1. The molecule has 0 atom stereocenters. The van der Waals surface area contributed by atoms with Crippen LogP contribution in [-0.2, 0) is 13.0 Å². The minimum atomic E-state index is -0.456. The number of rotatable bonds is 7. The lowest BCUT2D eigenvalue weighted by Gasteiger charge is -2.11. The van der Waals surface area contributed by atoms with Crippen LogP contribution in [0.25, 0.3) is 11.1 Å². The summed E-state index contributed by atoms with van der Waals surface area (Å²) in [5.41, 5.74) is 9.69. The molecule has 1 heterocycles. The maximum atomic E-state index is 13.3. The standard InChI is InChI=1S/C19H23FN2O/c1-4-6-7-16-18(14-8-10-15(20)11-9-14)17(19(21)23)13(3)22(16)12-5-2/h5,8-11H,2,4,6-7,12H2,1,3H3,(H2,21,23). The first-order valence-corrected chi connectivity index (χ1v) is 7.89. The van der Waals surface area contributed by atoms with Gasteiger partial charge in [-0.2, -0.15) is 0 Å². The second kappa shape index (κ2) is 7.27. The molecule has 0 fully saturated rings. The fraction of sp³-hybridized carbons (Fsp3) is 0.316. The Labute approximate surface area is 136 Å². The molecule has 0 aliphatic heterocycles. The van der Waals surface area contributed by atoms with Crippen LogP contribution >= 0.6 is 0 Å². The summed E-state index contributed by atoms with van der Waals surface area (Å²) in [7, 11) is 0. The molecule has 2 N–H and O–H groups in total. The molecule has 2 aromatic rings. The van der Waals surface area contributed by atoms with Gasteiger partial charge in [0, 0.05) is 23.5 Å². The largest absolute Gasteiger partial charge is 0.366 e. The molecule has 0 unspecified atom stereocenters. The van der Waals surface area contributed by atoms with Crippen molar-refractivity contribution in [1.82, 2.24) is 4.57 Å². The van der Waals surface area contributed by atoms with E-state index in [1.54, 1.807) is 12.1 Å². The van der Waals surface area contributed by atoms with Gasteiger partial charge in [0.1, 0.15) is 5.82 Å². The zero-order valence-corrected chi connectivity index (χ0v) is 13.7. The molecule has 0 aliphatic carbocycles. The third-order valence-corrected chi connectivity index (χ3v) is 4.09. The minimum Gasteiger partial charge on any atom is -0.366 e. The summed E-state index contributed by atoms with van der Waals surface area (Å²) >= 11 is 0. The van der Waals surface area contributed by atoms with E-state index in [4.69, 9.17) is 5.73 Å². The molecule has 122 valence electrons. The van der Waals surface area contributed by atoms with E-state index in [9.17, 15) is 9.18 Å². The fourth-order valence-corrected chi connectivity index (χ4v) is 3.01. The van der Waals surface area contributed by atoms with Gasteiger partial charge in [-0.25, -0.2) is 4.39 Å². The second-order valence-electron chi connectivity index (χ2n) is 5.66. The molecule has 3 nitrogen and oxygen atoms in total. The molecular formula is C19H23FN2O. The average Bonchev–Trinajstić information content (AvgIpc) is 2.79. The molecule has 1 amide bonds. The third kappa shape index (κ3) is 3.36. The van der Waals surface area contributed by atoms with E-state index in [0.29, 0.717) is 12.1 Å². The summed E-state index contributed by atoms with van der Waals surface area (Å²) in [6, 6.07) is 6.21. The number of hydrogen-bond acceptors (Lipinski definition) is 1. The number of unbranched alkanes of at least 4 members (excludes halogenated alkanes) is 1. The first kappa shape index (κ1) is 17.0. The van der Waals surface area contributed by atoms with Crippen molar-refractivity contribution in [3.8, 4) is 11.1 Å². The lowest BCUT2D eigenvalue weighted by Crippen LogP contribution is -2.13. The summed E-state index contributed by atoms with van der Waals surface area (Å²) in [5.74, 6) is -0.755. The molecule has 23 heavy (non-hydrogen) atoms. The van der Waals surface area contributed by atoms with Crippen LogP contribution in [0, 0.1) is 12.7 Å². The molecule has 0 radical (unpaired) electrons. The van der Waals surface area contributed by atoms with Gasteiger partial charge in [-0.3, -0.25) is 4.79 Å². The lowest BCUT2D eigenvalue weighted by atomic mass is 9.97. The zero-order chi connectivity index (χ0) is 17.0. The Morgan fingerprint density at radius 3 is 2.52 bits per heavy atom. The lowest BCUT2D eigenvalue weighted by molar-refractivity contribution is 0.1000. The summed E-state index contributed by atoms with van der Waals surface area (Å²) in [6.07, 6.45) is 4.70. The first-order valence-electron chi connectivity index (χ1n) is 7.89. The molecule has 0 saturated carbocycles. The van der Waals surface area contributed by atoms with Gasteiger partial charge in [0.2, 0.25) is 0 Å². The van der Waals surface area contributed by atoms with Gasteiger partial charge in [0.15, 0.2) is 0 Å². The number of benzene rings is 1. The SMILES string of the molecule is C=CCn1c(C)c(C(N)=O)c(-c2ccc(F)cc2)c1CCCC. The van der Waals surface area contributed by atoms with Crippen LogP contribution < -0.4 is 5.73 Å². The summed E-state index contributed by atoms with van der Waals surface area (Å²) in [4.78, 5) is 12.0. The Bertz CT molecular complexity index is 714. The number of allylic oxidation sites excluding steroid dienone is 1. The van der Waals surface area contributed by atoms with E-state index in [0.717, 1.165) is 41.8 Å². The molecule has 1 aromatic carbocycles. The number of nitrogens with zero attached hydrogens (tertiary/aromatic N) is 1. The number of aromatic nitrogens is 1. The van der Waals surface area contributed by atoms with Crippen LogP contribution in [0.5, 0.6) is 0 Å². The van der Waals surface area contributed by atoms with Gasteiger partial charge in [-0.15, -0.1) is 6.58 Å². The molecule has 0 bridgehead atoms. The van der Waals surface area contributed by atoms with Gasteiger partial charge in [-0.05, 0) is 37.5 Å². The first-order chi connectivity index (χ1) is 11.0. The summed E-state index contributed by atoms with van der Waals surface area (Å²) < 4.78 is 15.3. The van der Waals surface area contributed by atoms with Gasteiger partial charge < -0.3 is 10.3 Å². The number of nitrogens with two attached hydrogens (primary N) is 1. The quantitative estimate of drug-likeness (QED) is 0.764. The fourth-order valence-electron chi connectivity index (χ4n) is 3.01.